The molecule has 0 unspecified atom stereocenters. The third kappa shape index (κ3) is 7.08. The van der Waals surface area contributed by atoms with E-state index in [0.717, 1.165) is 0 Å². The Balaban J connectivity index is 1.68. The highest BCUT2D eigenvalue weighted by molar-refractivity contribution is 6.37. The van der Waals surface area contributed by atoms with E-state index in [4.69, 9.17) is 46.4 Å². The maximum absolute atomic E-state index is 12.6. The summed E-state index contributed by atoms with van der Waals surface area (Å²) in [6, 6.07) is 16.3. The molecule has 2 N–H and O–H groups in total. The molecule has 10 heteroatoms. The third-order valence-electron chi connectivity index (χ3n) is 5.15. The van der Waals surface area contributed by atoms with Crippen molar-refractivity contribution >= 4 is 69.6 Å². The Kier molecular flexibility index (Phi) is 9.90. The van der Waals surface area contributed by atoms with Gasteiger partial charge in [-0.1, -0.05) is 72.4 Å². The SMILES string of the molecule is CCC(=NNC(=O)c1ccc(C(=O)NN=C(CC)c2ccc(Cl)cc2Cl)cc1)c1ccc(Cl)cc1Cl. The quantitative estimate of drug-likeness (QED) is 0.221. The van der Waals surface area contributed by atoms with Crippen LogP contribution < -0.4 is 10.9 Å². The van der Waals surface area contributed by atoms with Gasteiger partial charge in [0.1, 0.15) is 0 Å². The topological polar surface area (TPSA) is 82.9 Å². The van der Waals surface area contributed by atoms with Crippen LogP contribution in [0.5, 0.6) is 0 Å². The summed E-state index contributed by atoms with van der Waals surface area (Å²) in [5, 5.41) is 10.3. The Bertz CT molecular complexity index is 1240. The second kappa shape index (κ2) is 12.9. The minimum Gasteiger partial charge on any atom is -0.267 e. The van der Waals surface area contributed by atoms with Crippen LogP contribution in [-0.2, 0) is 0 Å². The van der Waals surface area contributed by atoms with Crippen LogP contribution in [0, 0.1) is 0 Å². The maximum Gasteiger partial charge on any atom is 0.271 e. The lowest BCUT2D eigenvalue weighted by Gasteiger charge is -2.09. The summed E-state index contributed by atoms with van der Waals surface area (Å²) in [6.07, 6.45) is 1.09. The van der Waals surface area contributed by atoms with E-state index in [1.165, 1.54) is 24.3 Å². The summed E-state index contributed by atoms with van der Waals surface area (Å²) in [4.78, 5) is 25.1. The summed E-state index contributed by atoms with van der Waals surface area (Å²) in [5.74, 6) is -0.858. The van der Waals surface area contributed by atoms with E-state index >= 15 is 0 Å². The Morgan fingerprint density at radius 1 is 0.639 bits per heavy atom. The van der Waals surface area contributed by atoms with Crippen LogP contribution in [0.1, 0.15) is 58.5 Å². The first kappa shape index (κ1) is 27.7. The monoisotopic (exact) mass is 562 g/mol. The van der Waals surface area contributed by atoms with Crippen LogP contribution in [-0.4, -0.2) is 23.2 Å². The van der Waals surface area contributed by atoms with Gasteiger partial charge in [0.15, 0.2) is 0 Å². The van der Waals surface area contributed by atoms with Gasteiger partial charge >= 0.3 is 0 Å². The van der Waals surface area contributed by atoms with Crippen LogP contribution in [0.3, 0.4) is 0 Å². The molecule has 6 nitrogen and oxygen atoms in total. The Hall–Kier alpha value is -2.90. The Morgan fingerprint density at radius 3 is 1.31 bits per heavy atom. The predicted octanol–water partition coefficient (Wildman–Crippen LogP) is 7.39. The Labute approximate surface area is 229 Å². The average Bonchev–Trinajstić information content (AvgIpc) is 2.86. The fourth-order valence-electron chi connectivity index (χ4n) is 3.25. The number of nitrogens with zero attached hydrogens (tertiary/aromatic N) is 2. The molecule has 0 heterocycles. The molecule has 3 aromatic carbocycles. The van der Waals surface area contributed by atoms with E-state index in [1.807, 2.05) is 13.8 Å². The van der Waals surface area contributed by atoms with Crippen molar-refractivity contribution in [3.63, 3.8) is 0 Å². The number of carbonyl (C=O) groups is 2. The van der Waals surface area contributed by atoms with Gasteiger partial charge < -0.3 is 0 Å². The number of benzene rings is 3. The molecule has 0 atom stereocenters. The Morgan fingerprint density at radius 2 is 1.00 bits per heavy atom. The minimum atomic E-state index is -0.429. The van der Waals surface area contributed by atoms with Crippen molar-refractivity contribution in [1.29, 1.82) is 0 Å². The smallest absolute Gasteiger partial charge is 0.267 e. The largest absolute Gasteiger partial charge is 0.271 e. The number of hydrazone groups is 2. The first-order valence-electron chi connectivity index (χ1n) is 11.0. The van der Waals surface area contributed by atoms with Gasteiger partial charge in [-0.2, -0.15) is 10.2 Å². The first-order chi connectivity index (χ1) is 17.2. The van der Waals surface area contributed by atoms with Gasteiger partial charge in [0.25, 0.3) is 11.8 Å². The predicted molar refractivity (Wildman–Crippen MR) is 148 cm³/mol. The summed E-state index contributed by atoms with van der Waals surface area (Å²) < 4.78 is 0. The van der Waals surface area contributed by atoms with Gasteiger partial charge in [-0.15, -0.1) is 0 Å². The van der Waals surface area contributed by atoms with Gasteiger partial charge in [-0.3, -0.25) is 9.59 Å². The molecule has 0 radical (unpaired) electrons. The molecule has 0 bridgehead atoms. The third-order valence-corrected chi connectivity index (χ3v) is 6.24. The molecule has 0 spiro atoms. The van der Waals surface area contributed by atoms with Crippen molar-refractivity contribution in [2.75, 3.05) is 0 Å². The lowest BCUT2D eigenvalue weighted by molar-refractivity contribution is 0.0943. The zero-order chi connectivity index (χ0) is 26.2. The van der Waals surface area contributed by atoms with Crippen LogP contribution >= 0.6 is 46.4 Å². The zero-order valence-electron chi connectivity index (χ0n) is 19.4. The molecule has 0 fully saturated rings. The molecule has 2 amide bonds. The van der Waals surface area contributed by atoms with E-state index in [-0.39, 0.29) is 0 Å². The fraction of sp³-hybridized carbons (Fsp3) is 0.154. The molecule has 0 aliphatic heterocycles. The fourth-order valence-corrected chi connectivity index (χ4v) is 4.28. The molecule has 0 saturated carbocycles. The summed E-state index contributed by atoms with van der Waals surface area (Å²) >= 11 is 24.4. The van der Waals surface area contributed by atoms with E-state index < -0.39 is 11.8 Å². The average molecular weight is 564 g/mol. The van der Waals surface area contributed by atoms with Crippen LogP contribution in [0.25, 0.3) is 0 Å². The normalized spacial score (nSPS) is 11.8. The summed E-state index contributed by atoms with van der Waals surface area (Å²) in [7, 11) is 0. The summed E-state index contributed by atoms with van der Waals surface area (Å²) in [6.45, 7) is 3.80. The highest BCUT2D eigenvalue weighted by Gasteiger charge is 2.12. The molecule has 0 aliphatic rings. The van der Waals surface area contributed by atoms with Gasteiger partial charge in [-0.25, -0.2) is 10.9 Å². The van der Waals surface area contributed by atoms with Crippen molar-refractivity contribution in [2.45, 2.75) is 26.7 Å². The van der Waals surface area contributed by atoms with Gasteiger partial charge in [0.05, 0.1) is 21.5 Å². The van der Waals surface area contributed by atoms with E-state index in [2.05, 4.69) is 21.1 Å². The lowest BCUT2D eigenvalue weighted by atomic mass is 10.1. The number of nitrogens with one attached hydrogen (secondary N) is 2. The molecule has 3 rings (SSSR count). The summed E-state index contributed by atoms with van der Waals surface area (Å²) in [5.41, 5.74) is 8.29. The van der Waals surface area contributed by atoms with Crippen molar-refractivity contribution in [1.82, 2.24) is 10.9 Å². The second-order valence-electron chi connectivity index (χ2n) is 7.53. The van der Waals surface area contributed by atoms with Gasteiger partial charge in [0.2, 0.25) is 0 Å². The number of halogens is 4. The van der Waals surface area contributed by atoms with E-state index in [1.54, 1.807) is 36.4 Å². The molecule has 0 aliphatic carbocycles. The van der Waals surface area contributed by atoms with Crippen LogP contribution in [0.4, 0.5) is 0 Å². The van der Waals surface area contributed by atoms with Crippen LogP contribution in [0.15, 0.2) is 70.9 Å². The highest BCUT2D eigenvalue weighted by atomic mass is 35.5. The molecular weight excluding hydrogens is 542 g/mol. The van der Waals surface area contributed by atoms with E-state index in [0.29, 0.717) is 66.6 Å². The number of amides is 2. The second-order valence-corrected chi connectivity index (χ2v) is 9.22. The van der Waals surface area contributed by atoms with Crippen molar-refractivity contribution < 1.29 is 9.59 Å². The standard InChI is InChI=1S/C26H22Cl4N4O2/c1-3-23(19-11-9-17(27)13-21(19)29)31-33-25(35)15-5-7-16(8-6-15)26(36)34-32-24(4-2)20-12-10-18(28)14-22(20)30/h5-14H,3-4H2,1-2H3,(H,33,35)(H,34,36). The van der Waals surface area contributed by atoms with Crippen molar-refractivity contribution in [3.05, 3.63) is 103 Å². The van der Waals surface area contributed by atoms with Crippen molar-refractivity contribution in [2.24, 2.45) is 10.2 Å². The number of carbonyl (C=O) groups excluding carboxylic acids is 2. The molecular formula is C26H22Cl4N4O2. The number of hydrogen-bond donors (Lipinski definition) is 2. The maximum atomic E-state index is 12.6. The van der Waals surface area contributed by atoms with Gasteiger partial charge in [-0.05, 0) is 61.4 Å². The van der Waals surface area contributed by atoms with Gasteiger partial charge in [0, 0.05) is 32.3 Å². The molecule has 3 aromatic rings. The number of rotatable bonds is 8. The van der Waals surface area contributed by atoms with Crippen molar-refractivity contribution in [3.8, 4) is 0 Å². The van der Waals surface area contributed by atoms with E-state index in [9.17, 15) is 9.59 Å². The highest BCUT2D eigenvalue weighted by Crippen LogP contribution is 2.23. The minimum absolute atomic E-state index is 0.332. The molecule has 0 saturated heterocycles. The lowest BCUT2D eigenvalue weighted by Crippen LogP contribution is -2.22. The molecule has 186 valence electrons. The number of hydrogen-bond acceptors (Lipinski definition) is 4. The zero-order valence-corrected chi connectivity index (χ0v) is 22.4. The van der Waals surface area contributed by atoms with Crippen LogP contribution in [0.2, 0.25) is 20.1 Å². The molecule has 0 aromatic heterocycles. The first-order valence-corrected chi connectivity index (χ1v) is 12.5. The molecule has 36 heavy (non-hydrogen) atoms.